The number of nitrogens with one attached hydrogen (secondary N) is 2. The quantitative estimate of drug-likeness (QED) is 0.854. The second kappa shape index (κ2) is 6.29. The third-order valence-electron chi connectivity index (χ3n) is 3.01. The highest BCUT2D eigenvalue weighted by atomic mass is 16.2. The lowest BCUT2D eigenvalue weighted by atomic mass is 10.1. The van der Waals surface area contributed by atoms with Gasteiger partial charge in [0, 0.05) is 31.3 Å². The van der Waals surface area contributed by atoms with Crippen molar-refractivity contribution in [2.24, 2.45) is 0 Å². The van der Waals surface area contributed by atoms with Crippen molar-refractivity contribution in [1.82, 2.24) is 25.4 Å². The van der Waals surface area contributed by atoms with E-state index in [-0.39, 0.29) is 5.91 Å². The lowest BCUT2D eigenvalue weighted by molar-refractivity contribution is 0.0797. The Morgan fingerprint density at radius 1 is 1.45 bits per heavy atom. The summed E-state index contributed by atoms with van der Waals surface area (Å²) in [6.07, 6.45) is 0. The fourth-order valence-electron chi connectivity index (χ4n) is 1.86. The maximum atomic E-state index is 12.3. The number of aromatic nitrogens is 3. The van der Waals surface area contributed by atoms with E-state index in [4.69, 9.17) is 0 Å². The molecule has 1 aromatic carbocycles. The van der Waals surface area contributed by atoms with Gasteiger partial charge in [0.1, 0.15) is 5.82 Å². The first-order chi connectivity index (χ1) is 9.61. The summed E-state index contributed by atoms with van der Waals surface area (Å²) in [7, 11) is 3.66. The molecule has 0 saturated carbocycles. The largest absolute Gasteiger partial charge is 0.340 e. The van der Waals surface area contributed by atoms with Gasteiger partial charge in [-0.05, 0) is 26.1 Å². The van der Waals surface area contributed by atoms with Crippen molar-refractivity contribution in [3.8, 4) is 11.4 Å². The van der Waals surface area contributed by atoms with Crippen molar-refractivity contribution in [3.05, 3.63) is 35.7 Å². The van der Waals surface area contributed by atoms with Crippen LogP contribution in [0.4, 0.5) is 0 Å². The zero-order valence-corrected chi connectivity index (χ0v) is 12.0. The van der Waals surface area contributed by atoms with Gasteiger partial charge in [-0.2, -0.15) is 5.10 Å². The molecule has 106 valence electrons. The van der Waals surface area contributed by atoms with E-state index in [0.717, 1.165) is 17.9 Å². The zero-order valence-electron chi connectivity index (χ0n) is 12.0. The van der Waals surface area contributed by atoms with Crippen LogP contribution in [0, 0.1) is 6.92 Å². The molecule has 20 heavy (non-hydrogen) atoms. The Balaban J connectivity index is 2.19. The number of rotatable bonds is 5. The third-order valence-corrected chi connectivity index (χ3v) is 3.01. The highest BCUT2D eigenvalue weighted by molar-refractivity contribution is 5.95. The van der Waals surface area contributed by atoms with E-state index >= 15 is 0 Å². The molecule has 0 spiro atoms. The Kier molecular flexibility index (Phi) is 4.47. The maximum absolute atomic E-state index is 12.3. The van der Waals surface area contributed by atoms with Crippen molar-refractivity contribution in [2.75, 3.05) is 27.2 Å². The number of carbonyl (C=O) groups is 1. The summed E-state index contributed by atoms with van der Waals surface area (Å²) in [6, 6.07) is 7.37. The molecule has 1 aromatic heterocycles. The number of hydrogen-bond donors (Lipinski definition) is 2. The minimum Gasteiger partial charge on any atom is -0.340 e. The molecule has 0 aliphatic rings. The van der Waals surface area contributed by atoms with Crippen LogP contribution < -0.4 is 5.32 Å². The van der Waals surface area contributed by atoms with Gasteiger partial charge in [0.05, 0.1) is 0 Å². The van der Waals surface area contributed by atoms with Gasteiger partial charge in [0.25, 0.3) is 5.91 Å². The standard InChI is InChI=1S/C14H19N5O/c1-10-16-13(18-17-10)11-5-4-6-12(9-11)14(20)19(3)8-7-15-2/h4-6,9,15H,7-8H2,1-3H3,(H,16,17,18). The van der Waals surface area contributed by atoms with Gasteiger partial charge < -0.3 is 10.2 Å². The molecule has 6 heteroatoms. The van der Waals surface area contributed by atoms with E-state index in [2.05, 4.69) is 20.5 Å². The minimum absolute atomic E-state index is 0.00522. The normalized spacial score (nSPS) is 10.6. The van der Waals surface area contributed by atoms with Crippen LogP contribution in [0.3, 0.4) is 0 Å². The highest BCUT2D eigenvalue weighted by Crippen LogP contribution is 2.17. The first kappa shape index (κ1) is 14.2. The molecule has 0 aliphatic carbocycles. The van der Waals surface area contributed by atoms with Crippen LogP contribution in [-0.2, 0) is 0 Å². The molecular weight excluding hydrogens is 254 g/mol. The van der Waals surface area contributed by atoms with Gasteiger partial charge in [-0.3, -0.25) is 9.89 Å². The number of H-pyrrole nitrogens is 1. The summed E-state index contributed by atoms with van der Waals surface area (Å²) < 4.78 is 0. The molecule has 0 saturated heterocycles. The van der Waals surface area contributed by atoms with E-state index in [0.29, 0.717) is 17.9 Å². The fraction of sp³-hybridized carbons (Fsp3) is 0.357. The molecule has 0 unspecified atom stereocenters. The van der Waals surface area contributed by atoms with Crippen LogP contribution in [0.1, 0.15) is 16.2 Å². The molecule has 2 aromatic rings. The van der Waals surface area contributed by atoms with Gasteiger partial charge >= 0.3 is 0 Å². The average molecular weight is 273 g/mol. The Bertz CT molecular complexity index is 593. The van der Waals surface area contributed by atoms with E-state index in [1.165, 1.54) is 0 Å². The Labute approximate surface area is 118 Å². The maximum Gasteiger partial charge on any atom is 0.253 e. The SMILES string of the molecule is CNCCN(C)C(=O)c1cccc(-c2n[nH]c(C)n2)c1. The molecular formula is C14H19N5O. The van der Waals surface area contributed by atoms with Crippen LogP contribution >= 0.6 is 0 Å². The fourth-order valence-corrected chi connectivity index (χ4v) is 1.86. The van der Waals surface area contributed by atoms with Gasteiger partial charge in [0.2, 0.25) is 0 Å². The van der Waals surface area contributed by atoms with E-state index in [9.17, 15) is 4.79 Å². The molecule has 0 aliphatic heterocycles. The molecule has 1 amide bonds. The Hall–Kier alpha value is -2.21. The number of hydrogen-bond acceptors (Lipinski definition) is 4. The number of benzene rings is 1. The molecule has 0 radical (unpaired) electrons. The van der Waals surface area contributed by atoms with Crippen molar-refractivity contribution >= 4 is 5.91 Å². The third kappa shape index (κ3) is 3.21. The second-order valence-corrected chi connectivity index (χ2v) is 4.66. The molecule has 2 N–H and O–H groups in total. The van der Waals surface area contributed by atoms with Crippen molar-refractivity contribution in [3.63, 3.8) is 0 Å². The van der Waals surface area contributed by atoms with Crippen LogP contribution in [0.25, 0.3) is 11.4 Å². The summed E-state index contributed by atoms with van der Waals surface area (Å²) in [5.74, 6) is 1.35. The minimum atomic E-state index is -0.00522. The first-order valence-corrected chi connectivity index (χ1v) is 6.51. The van der Waals surface area contributed by atoms with Gasteiger partial charge in [-0.15, -0.1) is 0 Å². The summed E-state index contributed by atoms with van der Waals surface area (Å²) in [5, 5.41) is 9.94. The van der Waals surface area contributed by atoms with Gasteiger partial charge in [-0.1, -0.05) is 12.1 Å². The van der Waals surface area contributed by atoms with Crippen LogP contribution in [0.15, 0.2) is 24.3 Å². The van der Waals surface area contributed by atoms with Gasteiger partial charge in [0.15, 0.2) is 5.82 Å². The average Bonchev–Trinajstić information content (AvgIpc) is 2.90. The molecule has 6 nitrogen and oxygen atoms in total. The number of aromatic amines is 1. The lowest BCUT2D eigenvalue weighted by Gasteiger charge is -2.17. The predicted molar refractivity (Wildman–Crippen MR) is 77.4 cm³/mol. The molecule has 1 heterocycles. The predicted octanol–water partition coefficient (Wildman–Crippen LogP) is 1.07. The summed E-state index contributed by atoms with van der Waals surface area (Å²) >= 11 is 0. The molecule has 0 atom stereocenters. The zero-order chi connectivity index (χ0) is 14.5. The van der Waals surface area contributed by atoms with Gasteiger partial charge in [-0.25, -0.2) is 4.98 Å². The van der Waals surface area contributed by atoms with E-state index < -0.39 is 0 Å². The van der Waals surface area contributed by atoms with Crippen molar-refractivity contribution in [1.29, 1.82) is 0 Å². The van der Waals surface area contributed by atoms with Crippen LogP contribution in [0.5, 0.6) is 0 Å². The van der Waals surface area contributed by atoms with E-state index in [1.807, 2.05) is 32.2 Å². The number of nitrogens with zero attached hydrogens (tertiary/aromatic N) is 3. The van der Waals surface area contributed by atoms with E-state index in [1.54, 1.807) is 18.0 Å². The first-order valence-electron chi connectivity index (χ1n) is 6.51. The highest BCUT2D eigenvalue weighted by Gasteiger charge is 2.13. The smallest absolute Gasteiger partial charge is 0.253 e. The number of carbonyl (C=O) groups excluding carboxylic acids is 1. The summed E-state index contributed by atoms with van der Waals surface area (Å²) in [6.45, 7) is 3.28. The van der Waals surface area contributed by atoms with Crippen molar-refractivity contribution < 1.29 is 4.79 Å². The molecule has 0 fully saturated rings. The topological polar surface area (TPSA) is 73.9 Å². The monoisotopic (exact) mass is 273 g/mol. The summed E-state index contributed by atoms with van der Waals surface area (Å²) in [4.78, 5) is 18.3. The van der Waals surface area contributed by atoms with Crippen molar-refractivity contribution in [2.45, 2.75) is 6.92 Å². The second-order valence-electron chi connectivity index (χ2n) is 4.66. The van der Waals surface area contributed by atoms with Crippen LogP contribution in [-0.4, -0.2) is 53.2 Å². The lowest BCUT2D eigenvalue weighted by Crippen LogP contribution is -2.32. The molecule has 2 rings (SSSR count). The molecule has 0 bridgehead atoms. The van der Waals surface area contributed by atoms with Crippen LogP contribution in [0.2, 0.25) is 0 Å². The Morgan fingerprint density at radius 3 is 2.90 bits per heavy atom. The summed E-state index contributed by atoms with van der Waals surface area (Å²) in [5.41, 5.74) is 1.48. The number of aryl methyl sites for hydroxylation is 1. The number of likely N-dealkylation sites (N-methyl/N-ethyl adjacent to an activating group) is 2. The Morgan fingerprint density at radius 2 is 2.25 bits per heavy atom. The number of amides is 1.